The number of amides is 1. The minimum Gasteiger partial charge on any atom is -0.349 e. The highest BCUT2D eigenvalue weighted by Crippen LogP contribution is 2.30. The van der Waals surface area contributed by atoms with Crippen molar-refractivity contribution in [2.75, 3.05) is 13.1 Å². The van der Waals surface area contributed by atoms with Gasteiger partial charge < -0.3 is 5.32 Å². The number of rotatable bonds is 2. The molecule has 1 unspecified atom stereocenters. The van der Waals surface area contributed by atoms with E-state index < -0.39 is 0 Å². The van der Waals surface area contributed by atoms with Gasteiger partial charge in [0.1, 0.15) is 0 Å². The van der Waals surface area contributed by atoms with Gasteiger partial charge in [-0.05, 0) is 43.7 Å². The molecule has 98 valence electrons. The highest BCUT2D eigenvalue weighted by Gasteiger charge is 2.38. The molecular weight excluding hydrogens is 244 g/mol. The number of carbonyl (C=O) groups is 1. The van der Waals surface area contributed by atoms with E-state index in [4.69, 9.17) is 0 Å². The normalized spacial score (nSPS) is 29.4. The lowest BCUT2D eigenvalue weighted by Crippen LogP contribution is -2.60. The van der Waals surface area contributed by atoms with Crippen LogP contribution in [0.4, 0.5) is 0 Å². The summed E-state index contributed by atoms with van der Waals surface area (Å²) in [5, 5.41) is 5.40. The molecule has 0 saturated carbocycles. The van der Waals surface area contributed by atoms with Crippen LogP contribution in [0.2, 0.25) is 0 Å². The van der Waals surface area contributed by atoms with Gasteiger partial charge in [-0.1, -0.05) is 6.07 Å². The highest BCUT2D eigenvalue weighted by molar-refractivity contribution is 7.09. The zero-order chi connectivity index (χ0) is 12.4. The number of piperidine rings is 2. The molecule has 18 heavy (non-hydrogen) atoms. The van der Waals surface area contributed by atoms with E-state index in [0.29, 0.717) is 6.42 Å². The van der Waals surface area contributed by atoms with E-state index in [1.165, 1.54) is 11.3 Å². The van der Waals surface area contributed by atoms with Crippen molar-refractivity contribution in [3.05, 3.63) is 22.4 Å². The van der Waals surface area contributed by atoms with Crippen molar-refractivity contribution < 1.29 is 4.79 Å². The van der Waals surface area contributed by atoms with E-state index in [1.54, 1.807) is 0 Å². The SMILES string of the molecule is O=C1CCCC2(CCCN(Cc3cccs3)C2)N1. The van der Waals surface area contributed by atoms with Gasteiger partial charge in [0, 0.05) is 24.4 Å². The molecule has 3 nitrogen and oxygen atoms in total. The predicted molar refractivity (Wildman–Crippen MR) is 73.6 cm³/mol. The third-order valence-electron chi connectivity index (χ3n) is 4.08. The second kappa shape index (κ2) is 5.02. The van der Waals surface area contributed by atoms with Crippen molar-refractivity contribution in [3.8, 4) is 0 Å². The predicted octanol–water partition coefficient (Wildman–Crippen LogP) is 2.38. The van der Waals surface area contributed by atoms with Crippen LogP contribution in [0, 0.1) is 0 Å². The van der Waals surface area contributed by atoms with E-state index in [1.807, 2.05) is 11.3 Å². The molecule has 0 radical (unpaired) electrons. The molecule has 2 aliphatic rings. The quantitative estimate of drug-likeness (QED) is 0.889. The van der Waals surface area contributed by atoms with E-state index in [-0.39, 0.29) is 11.4 Å². The van der Waals surface area contributed by atoms with E-state index in [0.717, 1.165) is 38.9 Å². The van der Waals surface area contributed by atoms with Gasteiger partial charge in [-0.2, -0.15) is 0 Å². The summed E-state index contributed by atoms with van der Waals surface area (Å²) in [7, 11) is 0. The van der Waals surface area contributed by atoms with Crippen LogP contribution in [-0.2, 0) is 11.3 Å². The summed E-state index contributed by atoms with van der Waals surface area (Å²) in [6, 6.07) is 4.31. The number of hydrogen-bond acceptors (Lipinski definition) is 3. The van der Waals surface area contributed by atoms with Gasteiger partial charge in [0.15, 0.2) is 0 Å². The molecule has 1 N–H and O–H groups in total. The second-order valence-corrected chi connectivity index (χ2v) is 6.61. The number of carbonyl (C=O) groups excluding carboxylic acids is 1. The van der Waals surface area contributed by atoms with Gasteiger partial charge in [0.2, 0.25) is 5.91 Å². The number of hydrogen-bond donors (Lipinski definition) is 1. The Morgan fingerprint density at radius 1 is 1.39 bits per heavy atom. The Labute approximate surface area is 112 Å². The monoisotopic (exact) mass is 264 g/mol. The van der Waals surface area contributed by atoms with Crippen LogP contribution in [0.3, 0.4) is 0 Å². The topological polar surface area (TPSA) is 32.3 Å². The standard InChI is InChI=1S/C14H20N2OS/c17-13-5-1-6-14(15-13)7-3-8-16(11-14)10-12-4-2-9-18-12/h2,4,9H,1,3,5-8,10-11H2,(H,15,17). The molecule has 2 fully saturated rings. The molecule has 0 aliphatic carbocycles. The molecule has 2 aliphatic heterocycles. The van der Waals surface area contributed by atoms with Crippen LogP contribution < -0.4 is 5.32 Å². The van der Waals surface area contributed by atoms with E-state index >= 15 is 0 Å². The van der Waals surface area contributed by atoms with Gasteiger partial charge in [0.25, 0.3) is 0 Å². The number of likely N-dealkylation sites (tertiary alicyclic amines) is 1. The maximum absolute atomic E-state index is 11.6. The average Bonchev–Trinajstić information content (AvgIpc) is 2.81. The van der Waals surface area contributed by atoms with Crippen LogP contribution in [0.25, 0.3) is 0 Å². The van der Waals surface area contributed by atoms with Gasteiger partial charge >= 0.3 is 0 Å². The molecule has 1 aromatic heterocycles. The molecule has 1 atom stereocenters. The van der Waals surface area contributed by atoms with Crippen LogP contribution in [-0.4, -0.2) is 29.4 Å². The molecule has 2 saturated heterocycles. The molecule has 0 bridgehead atoms. The van der Waals surface area contributed by atoms with Gasteiger partial charge in [0.05, 0.1) is 5.54 Å². The zero-order valence-electron chi connectivity index (χ0n) is 10.7. The molecule has 1 amide bonds. The molecule has 1 spiro atoms. The fraction of sp³-hybridized carbons (Fsp3) is 0.643. The number of nitrogens with zero attached hydrogens (tertiary/aromatic N) is 1. The summed E-state index contributed by atoms with van der Waals surface area (Å²) in [6.45, 7) is 3.22. The van der Waals surface area contributed by atoms with Crippen LogP contribution in [0.5, 0.6) is 0 Å². The van der Waals surface area contributed by atoms with E-state index in [2.05, 4.69) is 27.7 Å². The first-order valence-electron chi connectivity index (χ1n) is 6.82. The first-order valence-corrected chi connectivity index (χ1v) is 7.70. The third kappa shape index (κ3) is 2.59. The Bertz CT molecular complexity index is 413. The first kappa shape index (κ1) is 12.2. The Morgan fingerprint density at radius 2 is 2.28 bits per heavy atom. The van der Waals surface area contributed by atoms with Gasteiger partial charge in [-0.25, -0.2) is 0 Å². The molecule has 0 aromatic carbocycles. The summed E-state index contributed by atoms with van der Waals surface area (Å²) in [5.41, 5.74) is 0.0742. The van der Waals surface area contributed by atoms with Crippen LogP contribution in [0.1, 0.15) is 37.0 Å². The summed E-state index contributed by atoms with van der Waals surface area (Å²) in [5.74, 6) is 0.249. The molecular formula is C14H20N2OS. The Kier molecular flexibility index (Phi) is 3.39. The number of nitrogens with one attached hydrogen (secondary N) is 1. The number of thiophene rings is 1. The van der Waals surface area contributed by atoms with Crippen LogP contribution >= 0.6 is 11.3 Å². The van der Waals surface area contributed by atoms with Crippen molar-refractivity contribution in [2.24, 2.45) is 0 Å². The maximum atomic E-state index is 11.6. The summed E-state index contributed by atoms with van der Waals surface area (Å²) in [6.07, 6.45) is 5.27. The summed E-state index contributed by atoms with van der Waals surface area (Å²) < 4.78 is 0. The molecule has 4 heteroatoms. The average molecular weight is 264 g/mol. The Balaban J connectivity index is 1.66. The summed E-state index contributed by atoms with van der Waals surface area (Å²) >= 11 is 1.82. The fourth-order valence-corrected chi connectivity index (χ4v) is 4.05. The summed E-state index contributed by atoms with van der Waals surface area (Å²) in [4.78, 5) is 15.6. The maximum Gasteiger partial charge on any atom is 0.220 e. The van der Waals surface area contributed by atoms with Gasteiger partial charge in [-0.15, -0.1) is 11.3 Å². The van der Waals surface area contributed by atoms with E-state index in [9.17, 15) is 4.79 Å². The Hall–Kier alpha value is -0.870. The lowest BCUT2D eigenvalue weighted by molar-refractivity contribution is -0.126. The highest BCUT2D eigenvalue weighted by atomic mass is 32.1. The lowest BCUT2D eigenvalue weighted by Gasteiger charge is -2.45. The van der Waals surface area contributed by atoms with Crippen molar-refractivity contribution >= 4 is 17.2 Å². The van der Waals surface area contributed by atoms with Crippen LogP contribution in [0.15, 0.2) is 17.5 Å². The van der Waals surface area contributed by atoms with Gasteiger partial charge in [-0.3, -0.25) is 9.69 Å². The lowest BCUT2D eigenvalue weighted by atomic mass is 9.81. The first-order chi connectivity index (χ1) is 8.76. The van der Waals surface area contributed by atoms with Crippen molar-refractivity contribution in [3.63, 3.8) is 0 Å². The molecule has 1 aromatic rings. The Morgan fingerprint density at radius 3 is 3.06 bits per heavy atom. The zero-order valence-corrected chi connectivity index (χ0v) is 11.5. The molecule has 3 rings (SSSR count). The molecule has 3 heterocycles. The fourth-order valence-electron chi connectivity index (χ4n) is 3.30. The van der Waals surface area contributed by atoms with Crippen molar-refractivity contribution in [1.29, 1.82) is 0 Å². The minimum absolute atomic E-state index is 0.0742. The minimum atomic E-state index is 0.0742. The van der Waals surface area contributed by atoms with Crippen molar-refractivity contribution in [1.82, 2.24) is 10.2 Å². The second-order valence-electron chi connectivity index (χ2n) is 5.58. The largest absolute Gasteiger partial charge is 0.349 e. The smallest absolute Gasteiger partial charge is 0.220 e. The van der Waals surface area contributed by atoms with Crippen molar-refractivity contribution in [2.45, 2.75) is 44.2 Å². The third-order valence-corrected chi connectivity index (χ3v) is 4.94.